The summed E-state index contributed by atoms with van der Waals surface area (Å²) in [5, 5.41) is 11.7. The van der Waals surface area contributed by atoms with E-state index in [9.17, 15) is 9.90 Å². The predicted molar refractivity (Wildman–Crippen MR) is 114 cm³/mol. The number of nitrogens with zero attached hydrogens (tertiary/aromatic N) is 3. The van der Waals surface area contributed by atoms with Crippen LogP contribution in [0.2, 0.25) is 0 Å². The van der Waals surface area contributed by atoms with Crippen molar-refractivity contribution in [3.63, 3.8) is 0 Å². The van der Waals surface area contributed by atoms with Gasteiger partial charge in [0, 0.05) is 37.4 Å². The van der Waals surface area contributed by atoms with Crippen LogP contribution in [0.5, 0.6) is 0 Å². The molecule has 0 aliphatic carbocycles. The van der Waals surface area contributed by atoms with Crippen LogP contribution in [-0.4, -0.2) is 58.1 Å². The molecule has 2 aliphatic heterocycles. The van der Waals surface area contributed by atoms with Gasteiger partial charge in [-0.3, -0.25) is 14.7 Å². The summed E-state index contributed by atoms with van der Waals surface area (Å²) in [5.41, 5.74) is 2.80. The zero-order valence-corrected chi connectivity index (χ0v) is 17.0. The van der Waals surface area contributed by atoms with Crippen molar-refractivity contribution in [3.05, 3.63) is 66.2 Å². The molecule has 0 radical (unpaired) electrons. The quantitative estimate of drug-likeness (QED) is 0.724. The summed E-state index contributed by atoms with van der Waals surface area (Å²) < 4.78 is 5.44. The van der Waals surface area contributed by atoms with Crippen molar-refractivity contribution in [2.24, 2.45) is 5.41 Å². The zero-order valence-electron chi connectivity index (χ0n) is 17.0. The van der Waals surface area contributed by atoms with Gasteiger partial charge in [-0.1, -0.05) is 6.07 Å². The third kappa shape index (κ3) is 3.85. The van der Waals surface area contributed by atoms with Crippen LogP contribution in [-0.2, 0) is 6.54 Å². The van der Waals surface area contributed by atoms with Crippen LogP contribution in [0.15, 0.2) is 59.5 Å². The van der Waals surface area contributed by atoms with Gasteiger partial charge in [0.1, 0.15) is 5.58 Å². The Morgan fingerprint density at radius 3 is 2.90 bits per heavy atom. The Bertz CT molecular complexity index is 1020. The van der Waals surface area contributed by atoms with Gasteiger partial charge in [-0.15, -0.1) is 0 Å². The molecule has 0 bridgehead atoms. The number of pyridine rings is 1. The minimum Gasteiger partial charge on any atom is -0.464 e. The van der Waals surface area contributed by atoms with E-state index in [4.69, 9.17) is 4.42 Å². The summed E-state index contributed by atoms with van der Waals surface area (Å²) >= 11 is 0. The maximum atomic E-state index is 12.9. The standard InChI is InChI=1S/C24H27N3O3/c28-21-13-24(17-27(16-21)23(29)20-2-1-8-25-14-20)6-9-26(10-7-24)15-18-3-4-22-19(12-18)5-11-30-22/h1-5,8,11-12,14,21,28H,6-7,9-10,13,15-17H2. The first-order valence-corrected chi connectivity index (χ1v) is 10.7. The number of benzene rings is 1. The Hall–Kier alpha value is -2.70. The van der Waals surface area contributed by atoms with Crippen molar-refractivity contribution in [2.75, 3.05) is 26.2 Å². The van der Waals surface area contributed by atoms with Gasteiger partial charge >= 0.3 is 0 Å². The molecule has 1 N–H and O–H groups in total. The van der Waals surface area contributed by atoms with Gasteiger partial charge in [0.05, 0.1) is 17.9 Å². The Kier molecular flexibility index (Phi) is 5.05. The maximum absolute atomic E-state index is 12.9. The normalized spacial score (nSPS) is 21.9. The molecule has 0 saturated carbocycles. The van der Waals surface area contributed by atoms with Gasteiger partial charge in [0.2, 0.25) is 0 Å². The molecule has 2 fully saturated rings. The highest BCUT2D eigenvalue weighted by Gasteiger charge is 2.42. The minimum absolute atomic E-state index is 0.000544. The number of hydrogen-bond acceptors (Lipinski definition) is 5. The van der Waals surface area contributed by atoms with Crippen LogP contribution in [0.25, 0.3) is 11.0 Å². The van der Waals surface area contributed by atoms with Crippen LogP contribution in [0, 0.1) is 5.41 Å². The minimum atomic E-state index is -0.464. The molecule has 1 aromatic carbocycles. The number of furan rings is 1. The van der Waals surface area contributed by atoms with E-state index in [1.54, 1.807) is 30.8 Å². The van der Waals surface area contributed by atoms with Crippen LogP contribution in [0.4, 0.5) is 0 Å². The highest BCUT2D eigenvalue weighted by molar-refractivity contribution is 5.94. The molecule has 1 atom stereocenters. The Morgan fingerprint density at radius 1 is 1.23 bits per heavy atom. The number of piperidine rings is 2. The molecule has 2 aliphatic rings. The lowest BCUT2D eigenvalue weighted by molar-refractivity contribution is -0.0337. The Balaban J connectivity index is 1.24. The molecular formula is C24H27N3O3. The van der Waals surface area contributed by atoms with E-state index in [0.717, 1.165) is 49.9 Å². The average Bonchev–Trinajstić information content (AvgIpc) is 3.23. The number of fused-ring (bicyclic) bond motifs is 1. The smallest absolute Gasteiger partial charge is 0.255 e. The summed E-state index contributed by atoms with van der Waals surface area (Å²) in [7, 11) is 0. The third-order valence-corrected chi connectivity index (χ3v) is 6.66. The molecule has 1 amide bonds. The SMILES string of the molecule is O=C(c1cccnc1)N1CC(O)CC2(CCN(Cc3ccc4occc4c3)CC2)C1. The molecule has 6 heteroatoms. The molecule has 156 valence electrons. The molecule has 5 rings (SSSR count). The number of aromatic nitrogens is 1. The van der Waals surface area contributed by atoms with Crippen molar-refractivity contribution >= 4 is 16.9 Å². The van der Waals surface area contributed by atoms with E-state index in [1.165, 1.54) is 5.56 Å². The maximum Gasteiger partial charge on any atom is 0.255 e. The number of aliphatic hydroxyl groups excluding tert-OH is 1. The molecule has 4 heterocycles. The Labute approximate surface area is 176 Å². The highest BCUT2D eigenvalue weighted by Crippen LogP contribution is 2.40. The first-order chi connectivity index (χ1) is 14.6. The highest BCUT2D eigenvalue weighted by atomic mass is 16.3. The van der Waals surface area contributed by atoms with Crippen molar-refractivity contribution in [1.82, 2.24) is 14.8 Å². The molecule has 3 aromatic rings. The number of hydrogen-bond donors (Lipinski definition) is 1. The molecule has 2 saturated heterocycles. The van der Waals surface area contributed by atoms with E-state index in [2.05, 4.69) is 22.0 Å². The number of rotatable bonds is 3. The number of aliphatic hydroxyl groups is 1. The number of carbonyl (C=O) groups is 1. The van der Waals surface area contributed by atoms with Crippen molar-refractivity contribution in [3.8, 4) is 0 Å². The largest absolute Gasteiger partial charge is 0.464 e. The molecule has 1 spiro atoms. The van der Waals surface area contributed by atoms with Gasteiger partial charge in [0.25, 0.3) is 5.91 Å². The molecule has 1 unspecified atom stereocenters. The summed E-state index contributed by atoms with van der Waals surface area (Å²) in [6.45, 7) is 3.99. The lowest BCUT2D eigenvalue weighted by atomic mass is 9.71. The van der Waals surface area contributed by atoms with E-state index < -0.39 is 6.10 Å². The predicted octanol–water partition coefficient (Wildman–Crippen LogP) is 3.32. The monoisotopic (exact) mass is 405 g/mol. The first-order valence-electron chi connectivity index (χ1n) is 10.7. The lowest BCUT2D eigenvalue weighted by Gasteiger charge is -2.49. The second kappa shape index (κ2) is 7.85. The van der Waals surface area contributed by atoms with E-state index in [-0.39, 0.29) is 11.3 Å². The van der Waals surface area contributed by atoms with E-state index in [1.807, 2.05) is 17.0 Å². The van der Waals surface area contributed by atoms with Crippen LogP contribution >= 0.6 is 0 Å². The fourth-order valence-corrected chi connectivity index (χ4v) is 5.10. The van der Waals surface area contributed by atoms with Crippen molar-refractivity contribution < 1.29 is 14.3 Å². The first kappa shape index (κ1) is 19.3. The van der Waals surface area contributed by atoms with Gasteiger partial charge < -0.3 is 14.4 Å². The van der Waals surface area contributed by atoms with Crippen LogP contribution in [0.1, 0.15) is 35.2 Å². The summed E-state index contributed by atoms with van der Waals surface area (Å²) in [4.78, 5) is 21.3. The zero-order chi connectivity index (χ0) is 20.6. The topological polar surface area (TPSA) is 69.8 Å². The second-order valence-corrected chi connectivity index (χ2v) is 8.85. The molecule has 30 heavy (non-hydrogen) atoms. The third-order valence-electron chi connectivity index (χ3n) is 6.66. The van der Waals surface area contributed by atoms with Gasteiger partial charge in [-0.05, 0) is 73.7 Å². The van der Waals surface area contributed by atoms with Gasteiger partial charge in [-0.2, -0.15) is 0 Å². The summed E-state index contributed by atoms with van der Waals surface area (Å²) in [6, 6.07) is 11.9. The number of carbonyl (C=O) groups excluding carboxylic acids is 1. The lowest BCUT2D eigenvalue weighted by Crippen LogP contribution is -2.55. The fourth-order valence-electron chi connectivity index (χ4n) is 5.10. The van der Waals surface area contributed by atoms with Crippen LogP contribution < -0.4 is 0 Å². The average molecular weight is 405 g/mol. The number of likely N-dealkylation sites (tertiary alicyclic amines) is 2. The molecular weight excluding hydrogens is 378 g/mol. The number of amides is 1. The number of β-amino-alcohol motifs (C(OH)–C–C–N with tert-alkyl or cyclic N) is 1. The van der Waals surface area contributed by atoms with Crippen molar-refractivity contribution in [2.45, 2.75) is 31.9 Å². The fraction of sp³-hybridized carbons (Fsp3) is 0.417. The van der Waals surface area contributed by atoms with Crippen LogP contribution in [0.3, 0.4) is 0 Å². The summed E-state index contributed by atoms with van der Waals surface area (Å²) in [5.74, 6) is -0.0305. The molecule has 6 nitrogen and oxygen atoms in total. The Morgan fingerprint density at radius 2 is 2.10 bits per heavy atom. The van der Waals surface area contributed by atoms with E-state index >= 15 is 0 Å². The van der Waals surface area contributed by atoms with Gasteiger partial charge in [0.15, 0.2) is 0 Å². The second-order valence-electron chi connectivity index (χ2n) is 8.85. The van der Waals surface area contributed by atoms with Crippen molar-refractivity contribution in [1.29, 1.82) is 0 Å². The molecule has 2 aromatic heterocycles. The van der Waals surface area contributed by atoms with Gasteiger partial charge in [-0.25, -0.2) is 0 Å². The van der Waals surface area contributed by atoms with E-state index in [0.29, 0.717) is 18.7 Å². The summed E-state index contributed by atoms with van der Waals surface area (Å²) in [6.07, 6.45) is 7.31.